The number of carbonyl (C=O) groups excluding carboxylic acids is 1. The van der Waals surface area contributed by atoms with E-state index in [0.29, 0.717) is 23.4 Å². The number of alkyl halides is 1. The summed E-state index contributed by atoms with van der Waals surface area (Å²) in [4.78, 5) is 13.7. The molecule has 0 bridgehead atoms. The molecule has 0 unspecified atom stereocenters. The number of aliphatic hydroxyl groups excluding tert-OH is 2. The van der Waals surface area contributed by atoms with Crippen LogP contribution in [0.15, 0.2) is 18.2 Å². The molecular formula is C15H22ClNO4. The topological polar surface area (TPSA) is 70.0 Å². The number of para-hydroxylation sites is 1. The van der Waals surface area contributed by atoms with E-state index in [1.165, 1.54) is 4.90 Å². The number of nitrogens with zero attached hydrogens (tertiary/aromatic N) is 1. The zero-order valence-electron chi connectivity index (χ0n) is 12.5. The molecule has 0 aliphatic rings. The Balaban J connectivity index is 3.44. The second-order valence-electron chi connectivity index (χ2n) is 4.89. The third-order valence-corrected chi connectivity index (χ3v) is 3.47. The van der Waals surface area contributed by atoms with E-state index in [9.17, 15) is 15.0 Å². The largest absolute Gasteiger partial charge is 0.392 e. The van der Waals surface area contributed by atoms with Gasteiger partial charge in [0.1, 0.15) is 5.88 Å². The van der Waals surface area contributed by atoms with Crippen molar-refractivity contribution in [2.45, 2.75) is 32.6 Å². The van der Waals surface area contributed by atoms with Crippen molar-refractivity contribution < 1.29 is 19.7 Å². The van der Waals surface area contributed by atoms with Gasteiger partial charge in [-0.3, -0.25) is 4.79 Å². The first-order valence-electron chi connectivity index (χ1n) is 6.75. The van der Waals surface area contributed by atoms with Crippen LogP contribution in [-0.4, -0.2) is 41.8 Å². The van der Waals surface area contributed by atoms with Gasteiger partial charge in [0.25, 0.3) is 0 Å². The van der Waals surface area contributed by atoms with E-state index in [4.69, 9.17) is 16.3 Å². The number of benzene rings is 1. The summed E-state index contributed by atoms with van der Waals surface area (Å²) in [6.45, 7) is 3.53. The fraction of sp³-hybridized carbons (Fsp3) is 0.533. The summed E-state index contributed by atoms with van der Waals surface area (Å²) in [6.07, 6.45) is -0.771. The summed E-state index contributed by atoms with van der Waals surface area (Å²) in [5.41, 5.74) is 1.64. The van der Waals surface area contributed by atoms with Crippen LogP contribution in [0.2, 0.25) is 0 Å². The Morgan fingerprint density at radius 1 is 1.43 bits per heavy atom. The summed E-state index contributed by atoms with van der Waals surface area (Å²) in [5, 5.41) is 19.5. The minimum absolute atomic E-state index is 0.187. The maximum Gasteiger partial charge on any atom is 0.242 e. The number of rotatable bonds is 7. The summed E-state index contributed by atoms with van der Waals surface area (Å²) in [6, 6.07) is 4.91. The first-order chi connectivity index (χ1) is 9.97. The first kappa shape index (κ1) is 17.9. The van der Waals surface area contributed by atoms with Gasteiger partial charge in [0.05, 0.1) is 31.0 Å². The van der Waals surface area contributed by atoms with Gasteiger partial charge in [-0.05, 0) is 13.8 Å². The van der Waals surface area contributed by atoms with Gasteiger partial charge < -0.3 is 19.8 Å². The van der Waals surface area contributed by atoms with Crippen molar-refractivity contribution in [2.24, 2.45) is 0 Å². The highest BCUT2D eigenvalue weighted by Gasteiger charge is 2.27. The normalized spacial score (nSPS) is 13.8. The number of hydrogen-bond acceptors (Lipinski definition) is 4. The molecule has 6 heteroatoms. The number of hydrogen-bond donors (Lipinski definition) is 2. The minimum Gasteiger partial charge on any atom is -0.392 e. The SMILES string of the molecule is COC[C@H](C)N(C(=O)CCl)c1c(CO)cccc1[C@@H](C)O. The van der Waals surface area contributed by atoms with Crippen LogP contribution in [0.1, 0.15) is 31.1 Å². The van der Waals surface area contributed by atoms with Crippen molar-refractivity contribution >= 4 is 23.2 Å². The van der Waals surface area contributed by atoms with Gasteiger partial charge in [0.2, 0.25) is 5.91 Å². The van der Waals surface area contributed by atoms with Gasteiger partial charge in [-0.25, -0.2) is 0 Å². The van der Waals surface area contributed by atoms with E-state index in [1.54, 1.807) is 32.2 Å². The van der Waals surface area contributed by atoms with Crippen LogP contribution >= 0.6 is 11.6 Å². The molecule has 1 aromatic rings. The van der Waals surface area contributed by atoms with Crippen molar-refractivity contribution in [1.29, 1.82) is 0 Å². The molecule has 5 nitrogen and oxygen atoms in total. The lowest BCUT2D eigenvalue weighted by atomic mass is 10.0. The fourth-order valence-electron chi connectivity index (χ4n) is 2.34. The third-order valence-electron chi connectivity index (χ3n) is 3.24. The molecule has 21 heavy (non-hydrogen) atoms. The van der Waals surface area contributed by atoms with Crippen molar-refractivity contribution in [1.82, 2.24) is 0 Å². The Bertz CT molecular complexity index is 479. The maximum absolute atomic E-state index is 12.2. The molecule has 0 aromatic heterocycles. The van der Waals surface area contributed by atoms with E-state index in [2.05, 4.69) is 0 Å². The number of carbonyl (C=O) groups is 1. The van der Waals surface area contributed by atoms with Gasteiger partial charge in [0, 0.05) is 18.2 Å². The molecule has 0 aliphatic carbocycles. The average Bonchev–Trinajstić information content (AvgIpc) is 2.47. The first-order valence-corrected chi connectivity index (χ1v) is 7.29. The Labute approximate surface area is 130 Å². The molecular weight excluding hydrogens is 294 g/mol. The second kappa shape index (κ2) is 8.34. The zero-order valence-corrected chi connectivity index (χ0v) is 13.3. The monoisotopic (exact) mass is 315 g/mol. The third kappa shape index (κ3) is 4.17. The lowest BCUT2D eigenvalue weighted by Gasteiger charge is -2.32. The summed E-state index contributed by atoms with van der Waals surface area (Å²) < 4.78 is 5.11. The van der Waals surface area contributed by atoms with Crippen molar-refractivity contribution in [2.75, 3.05) is 24.5 Å². The van der Waals surface area contributed by atoms with Gasteiger partial charge in [-0.2, -0.15) is 0 Å². The molecule has 0 spiro atoms. The number of anilines is 1. The smallest absolute Gasteiger partial charge is 0.242 e. The second-order valence-corrected chi connectivity index (χ2v) is 5.16. The number of aliphatic hydroxyl groups is 2. The fourth-order valence-corrected chi connectivity index (χ4v) is 2.47. The molecule has 0 heterocycles. The number of amides is 1. The summed E-state index contributed by atoms with van der Waals surface area (Å²) in [7, 11) is 1.55. The highest BCUT2D eigenvalue weighted by atomic mass is 35.5. The number of ether oxygens (including phenoxy) is 1. The van der Waals surface area contributed by atoms with Crippen molar-refractivity contribution in [3.05, 3.63) is 29.3 Å². The number of halogens is 1. The van der Waals surface area contributed by atoms with Crippen LogP contribution in [0.3, 0.4) is 0 Å². The van der Waals surface area contributed by atoms with Crippen LogP contribution in [0.25, 0.3) is 0 Å². The highest BCUT2D eigenvalue weighted by Crippen LogP contribution is 2.32. The van der Waals surface area contributed by atoms with Crippen molar-refractivity contribution in [3.8, 4) is 0 Å². The Kier molecular flexibility index (Phi) is 7.11. The van der Waals surface area contributed by atoms with E-state index < -0.39 is 6.10 Å². The molecule has 118 valence electrons. The Hall–Kier alpha value is -1.14. The van der Waals surface area contributed by atoms with Gasteiger partial charge >= 0.3 is 0 Å². The predicted octanol–water partition coefficient (Wildman–Crippen LogP) is 1.84. The maximum atomic E-state index is 12.2. The van der Waals surface area contributed by atoms with Crippen LogP contribution in [0.5, 0.6) is 0 Å². The molecule has 1 rings (SSSR count). The molecule has 0 fully saturated rings. The molecule has 0 saturated heterocycles. The zero-order chi connectivity index (χ0) is 16.0. The molecule has 0 aliphatic heterocycles. The van der Waals surface area contributed by atoms with Crippen molar-refractivity contribution in [3.63, 3.8) is 0 Å². The van der Waals surface area contributed by atoms with E-state index in [-0.39, 0.29) is 24.4 Å². The number of methoxy groups -OCH3 is 1. The molecule has 0 saturated carbocycles. The van der Waals surface area contributed by atoms with Crippen LogP contribution in [-0.2, 0) is 16.1 Å². The standard InChI is InChI=1S/C15H22ClNO4/c1-10(9-21-3)17(14(20)7-16)15-12(8-18)5-4-6-13(15)11(2)19/h4-6,10-11,18-19H,7-9H2,1-3H3/t10-,11+/m0/s1. The van der Waals surface area contributed by atoms with Crippen LogP contribution in [0.4, 0.5) is 5.69 Å². The van der Waals surface area contributed by atoms with Gasteiger partial charge in [0.15, 0.2) is 0 Å². The quantitative estimate of drug-likeness (QED) is 0.753. The average molecular weight is 316 g/mol. The van der Waals surface area contributed by atoms with E-state index >= 15 is 0 Å². The van der Waals surface area contributed by atoms with Gasteiger partial charge in [-0.1, -0.05) is 18.2 Å². The lowest BCUT2D eigenvalue weighted by Crippen LogP contribution is -2.43. The van der Waals surface area contributed by atoms with E-state index in [1.807, 2.05) is 6.92 Å². The molecule has 1 amide bonds. The van der Waals surface area contributed by atoms with Crippen LogP contribution < -0.4 is 4.90 Å². The minimum atomic E-state index is -0.771. The lowest BCUT2D eigenvalue weighted by molar-refractivity contribution is -0.116. The molecule has 0 radical (unpaired) electrons. The predicted molar refractivity (Wildman–Crippen MR) is 82.5 cm³/mol. The molecule has 2 N–H and O–H groups in total. The molecule has 1 aromatic carbocycles. The Morgan fingerprint density at radius 3 is 2.57 bits per heavy atom. The summed E-state index contributed by atoms with van der Waals surface area (Å²) in [5.74, 6) is -0.489. The van der Waals surface area contributed by atoms with Crippen LogP contribution in [0, 0.1) is 0 Å². The Morgan fingerprint density at radius 2 is 2.10 bits per heavy atom. The van der Waals surface area contributed by atoms with Gasteiger partial charge in [-0.15, -0.1) is 11.6 Å². The highest BCUT2D eigenvalue weighted by molar-refractivity contribution is 6.29. The summed E-state index contributed by atoms with van der Waals surface area (Å²) >= 11 is 5.71. The molecule has 2 atom stereocenters. The van der Waals surface area contributed by atoms with E-state index in [0.717, 1.165) is 0 Å².